The number of nitrogens with zero attached hydrogens (tertiary/aromatic N) is 1. The Bertz CT molecular complexity index is 338. The molecule has 0 saturated heterocycles. The van der Waals surface area contributed by atoms with E-state index in [1.165, 1.54) is 11.3 Å². The zero-order valence-electron chi connectivity index (χ0n) is 9.69. The van der Waals surface area contributed by atoms with Crippen molar-refractivity contribution in [3.63, 3.8) is 0 Å². The number of nitrogens with one attached hydrogen (secondary N) is 1. The predicted molar refractivity (Wildman–Crippen MR) is 66.2 cm³/mol. The quantitative estimate of drug-likeness (QED) is 0.711. The molecule has 1 rings (SSSR count). The van der Waals surface area contributed by atoms with Gasteiger partial charge >= 0.3 is 5.97 Å². The number of hydrogen-bond acceptors (Lipinski definition) is 4. The molecule has 0 amide bonds. The third kappa shape index (κ3) is 3.92. The van der Waals surface area contributed by atoms with Crippen LogP contribution in [-0.2, 0) is 6.54 Å². The summed E-state index contributed by atoms with van der Waals surface area (Å²) in [7, 11) is 2.06. The van der Waals surface area contributed by atoms with E-state index in [0.29, 0.717) is 11.4 Å². The van der Waals surface area contributed by atoms with Gasteiger partial charge in [0.05, 0.1) is 0 Å². The number of likely N-dealkylation sites (N-methyl/N-ethyl adjacent to an activating group) is 1. The third-order valence-electron chi connectivity index (χ3n) is 2.47. The first-order chi connectivity index (χ1) is 7.65. The molecule has 0 unspecified atom stereocenters. The van der Waals surface area contributed by atoms with Crippen molar-refractivity contribution in [2.45, 2.75) is 13.5 Å². The molecule has 0 spiro atoms. The Morgan fingerprint density at radius 1 is 1.62 bits per heavy atom. The monoisotopic (exact) mass is 242 g/mol. The Balaban J connectivity index is 2.32. The van der Waals surface area contributed by atoms with E-state index in [-0.39, 0.29) is 0 Å². The minimum absolute atomic E-state index is 0.441. The molecule has 16 heavy (non-hydrogen) atoms. The predicted octanol–water partition coefficient (Wildman–Crippen LogP) is 1.49. The van der Waals surface area contributed by atoms with E-state index in [9.17, 15) is 4.79 Å². The summed E-state index contributed by atoms with van der Waals surface area (Å²) in [5.74, 6) is -0.836. The maximum atomic E-state index is 10.8. The van der Waals surface area contributed by atoms with Crippen molar-refractivity contribution in [1.82, 2.24) is 10.2 Å². The van der Waals surface area contributed by atoms with Crippen molar-refractivity contribution in [1.29, 1.82) is 0 Å². The molecular formula is C11H18N2O2S. The van der Waals surface area contributed by atoms with E-state index in [4.69, 9.17) is 5.11 Å². The highest BCUT2D eigenvalue weighted by molar-refractivity contribution is 7.12. The van der Waals surface area contributed by atoms with Crippen LogP contribution in [0.1, 0.15) is 22.2 Å². The molecule has 1 heterocycles. The number of carboxylic acids is 1. The van der Waals surface area contributed by atoms with E-state index in [1.807, 2.05) is 11.4 Å². The maximum Gasteiger partial charge on any atom is 0.346 e. The van der Waals surface area contributed by atoms with Crippen LogP contribution in [0.2, 0.25) is 0 Å². The molecule has 0 saturated carbocycles. The van der Waals surface area contributed by atoms with Crippen LogP contribution >= 0.6 is 11.3 Å². The van der Waals surface area contributed by atoms with Gasteiger partial charge in [-0.05, 0) is 30.6 Å². The lowest BCUT2D eigenvalue weighted by Crippen LogP contribution is -2.28. The zero-order chi connectivity index (χ0) is 12.0. The molecule has 0 aliphatic heterocycles. The number of carbonyl (C=O) groups is 1. The molecule has 0 aliphatic carbocycles. The summed E-state index contributed by atoms with van der Waals surface area (Å²) in [6, 6.07) is 1.87. The summed E-state index contributed by atoms with van der Waals surface area (Å²) in [4.78, 5) is 13.5. The molecular weight excluding hydrogens is 224 g/mol. The molecule has 4 nitrogen and oxygen atoms in total. The first-order valence-electron chi connectivity index (χ1n) is 5.34. The number of thiophene rings is 1. The van der Waals surface area contributed by atoms with Gasteiger partial charge in [0.1, 0.15) is 4.88 Å². The van der Waals surface area contributed by atoms with Crippen LogP contribution in [0.15, 0.2) is 11.4 Å². The van der Waals surface area contributed by atoms with Gasteiger partial charge in [-0.2, -0.15) is 0 Å². The molecule has 90 valence electrons. The minimum atomic E-state index is -0.836. The van der Waals surface area contributed by atoms with Crippen molar-refractivity contribution in [2.24, 2.45) is 0 Å². The number of hydrogen-bond donors (Lipinski definition) is 2. The van der Waals surface area contributed by atoms with Gasteiger partial charge in [-0.25, -0.2) is 4.79 Å². The second-order valence-electron chi connectivity index (χ2n) is 3.65. The summed E-state index contributed by atoms with van der Waals surface area (Å²) in [6.07, 6.45) is 0. The summed E-state index contributed by atoms with van der Waals surface area (Å²) < 4.78 is 0. The Hall–Kier alpha value is -0.910. The highest BCUT2D eigenvalue weighted by Crippen LogP contribution is 2.16. The summed E-state index contributed by atoms with van der Waals surface area (Å²) in [5.41, 5.74) is 0.872. The van der Waals surface area contributed by atoms with Crippen molar-refractivity contribution in [2.75, 3.05) is 26.7 Å². The summed E-state index contributed by atoms with van der Waals surface area (Å²) >= 11 is 1.28. The standard InChI is InChI=1S/C11H18N2O2S/c1-3-13(2)6-5-12-8-9-4-7-16-10(9)11(14)15/h4,7,12H,3,5-6,8H2,1-2H3,(H,14,15). The van der Waals surface area contributed by atoms with Gasteiger partial charge in [0, 0.05) is 19.6 Å². The fraction of sp³-hybridized carbons (Fsp3) is 0.545. The van der Waals surface area contributed by atoms with Gasteiger partial charge in [-0.1, -0.05) is 6.92 Å². The molecule has 0 radical (unpaired) electrons. The molecule has 1 aromatic heterocycles. The second kappa shape index (κ2) is 6.62. The largest absolute Gasteiger partial charge is 0.477 e. The van der Waals surface area contributed by atoms with E-state index < -0.39 is 5.97 Å². The average molecular weight is 242 g/mol. The lowest BCUT2D eigenvalue weighted by Gasteiger charge is -2.13. The van der Waals surface area contributed by atoms with Crippen LogP contribution in [0.25, 0.3) is 0 Å². The van der Waals surface area contributed by atoms with E-state index in [2.05, 4.69) is 24.2 Å². The molecule has 0 aromatic carbocycles. The molecule has 0 bridgehead atoms. The first kappa shape index (κ1) is 13.2. The minimum Gasteiger partial charge on any atom is -0.477 e. The van der Waals surface area contributed by atoms with Gasteiger partial charge in [-0.3, -0.25) is 0 Å². The summed E-state index contributed by atoms with van der Waals surface area (Å²) in [6.45, 7) is 5.62. The Morgan fingerprint density at radius 3 is 3.00 bits per heavy atom. The number of carboxylic acid groups (broad SMARTS) is 1. The van der Waals surface area contributed by atoms with Gasteiger partial charge < -0.3 is 15.3 Å². The topological polar surface area (TPSA) is 52.6 Å². The smallest absolute Gasteiger partial charge is 0.346 e. The van der Waals surface area contributed by atoms with Crippen molar-refractivity contribution >= 4 is 17.3 Å². The molecule has 0 atom stereocenters. The highest BCUT2D eigenvalue weighted by atomic mass is 32.1. The lowest BCUT2D eigenvalue weighted by atomic mass is 10.2. The third-order valence-corrected chi connectivity index (χ3v) is 3.41. The molecule has 0 aliphatic rings. The van der Waals surface area contributed by atoms with Crippen LogP contribution in [0.3, 0.4) is 0 Å². The molecule has 2 N–H and O–H groups in total. The fourth-order valence-electron chi connectivity index (χ4n) is 1.31. The average Bonchev–Trinajstić information content (AvgIpc) is 2.72. The number of aromatic carboxylic acids is 1. The van der Waals surface area contributed by atoms with Crippen molar-refractivity contribution < 1.29 is 9.90 Å². The van der Waals surface area contributed by atoms with E-state index in [0.717, 1.165) is 25.2 Å². The SMILES string of the molecule is CCN(C)CCNCc1ccsc1C(=O)O. The van der Waals surface area contributed by atoms with Crippen LogP contribution in [0.4, 0.5) is 0 Å². The maximum absolute atomic E-state index is 10.8. The first-order valence-corrected chi connectivity index (χ1v) is 6.22. The van der Waals surface area contributed by atoms with Gasteiger partial charge in [0.15, 0.2) is 0 Å². The Morgan fingerprint density at radius 2 is 2.38 bits per heavy atom. The van der Waals surface area contributed by atoms with Crippen molar-refractivity contribution in [3.8, 4) is 0 Å². The van der Waals surface area contributed by atoms with E-state index in [1.54, 1.807) is 0 Å². The Kier molecular flexibility index (Phi) is 5.45. The molecule has 1 aromatic rings. The van der Waals surface area contributed by atoms with E-state index >= 15 is 0 Å². The zero-order valence-corrected chi connectivity index (χ0v) is 10.5. The fourth-order valence-corrected chi connectivity index (χ4v) is 2.07. The van der Waals surface area contributed by atoms with Crippen LogP contribution < -0.4 is 5.32 Å². The van der Waals surface area contributed by atoms with Crippen LogP contribution in [0, 0.1) is 0 Å². The van der Waals surface area contributed by atoms with Gasteiger partial charge in [0.25, 0.3) is 0 Å². The molecule has 5 heteroatoms. The van der Waals surface area contributed by atoms with Gasteiger partial charge in [0.2, 0.25) is 0 Å². The highest BCUT2D eigenvalue weighted by Gasteiger charge is 2.10. The molecule has 0 fully saturated rings. The Labute approximate surface area is 99.9 Å². The van der Waals surface area contributed by atoms with Crippen LogP contribution in [-0.4, -0.2) is 42.7 Å². The number of rotatable bonds is 7. The second-order valence-corrected chi connectivity index (χ2v) is 4.57. The van der Waals surface area contributed by atoms with Crippen LogP contribution in [0.5, 0.6) is 0 Å². The lowest BCUT2D eigenvalue weighted by molar-refractivity contribution is 0.0701. The van der Waals surface area contributed by atoms with Crippen molar-refractivity contribution in [3.05, 3.63) is 21.9 Å². The normalized spacial score (nSPS) is 10.9. The summed E-state index contributed by atoms with van der Waals surface area (Å²) in [5, 5.41) is 14.0. The van der Waals surface area contributed by atoms with Gasteiger partial charge in [-0.15, -0.1) is 11.3 Å².